The number of rotatable bonds is 2. The highest BCUT2D eigenvalue weighted by atomic mass is 79.9. The van der Waals surface area contributed by atoms with Gasteiger partial charge in [-0.3, -0.25) is 0 Å². The van der Waals surface area contributed by atoms with Crippen LogP contribution in [0.4, 0.5) is 0 Å². The fourth-order valence-corrected chi connectivity index (χ4v) is 4.51. The van der Waals surface area contributed by atoms with Gasteiger partial charge in [0, 0.05) is 14.6 Å². The molecule has 0 aliphatic rings. The van der Waals surface area contributed by atoms with E-state index in [9.17, 15) is 0 Å². The molecule has 3 heteroatoms. The maximum absolute atomic E-state index is 3.79. The Morgan fingerprint density at radius 3 is 2.33 bits per heavy atom. The second kappa shape index (κ2) is 4.40. The second-order valence-corrected chi connectivity index (χ2v) is 7.08. The quantitative estimate of drug-likeness (QED) is 0.667. The van der Waals surface area contributed by atoms with Crippen LogP contribution in [0.1, 0.15) is 30.6 Å². The van der Waals surface area contributed by atoms with E-state index in [1.807, 2.05) is 22.7 Å². The Labute approximate surface area is 107 Å². The summed E-state index contributed by atoms with van der Waals surface area (Å²) >= 11 is 7.49. The van der Waals surface area contributed by atoms with Gasteiger partial charge in [-0.15, -0.1) is 22.7 Å². The lowest BCUT2D eigenvalue weighted by Crippen LogP contribution is -1.88. The summed E-state index contributed by atoms with van der Waals surface area (Å²) in [5.74, 6) is 0. The first-order valence-corrected chi connectivity index (χ1v) is 7.45. The summed E-state index contributed by atoms with van der Waals surface area (Å²) in [7, 11) is 0. The van der Waals surface area contributed by atoms with E-state index in [0.717, 1.165) is 0 Å². The minimum atomic E-state index is 0.362. The van der Waals surface area contributed by atoms with Crippen molar-refractivity contribution in [3.8, 4) is 0 Å². The second-order valence-electron chi connectivity index (χ2n) is 3.76. The summed E-state index contributed by atoms with van der Waals surface area (Å²) in [4.78, 5) is 4.56. The van der Waals surface area contributed by atoms with Crippen molar-refractivity contribution in [2.75, 3.05) is 0 Å². The summed E-state index contributed by atoms with van der Waals surface area (Å²) in [5.41, 5.74) is 2.77. The van der Waals surface area contributed by atoms with Crippen molar-refractivity contribution in [1.82, 2.24) is 0 Å². The van der Waals surface area contributed by atoms with E-state index in [1.54, 1.807) is 0 Å². The van der Waals surface area contributed by atoms with Gasteiger partial charge in [0.05, 0.1) is 4.83 Å². The predicted octanol–water partition coefficient (Wildman–Crippen LogP) is 5.22. The molecule has 0 aliphatic heterocycles. The van der Waals surface area contributed by atoms with Crippen molar-refractivity contribution < 1.29 is 0 Å². The van der Waals surface area contributed by atoms with Gasteiger partial charge in [0.15, 0.2) is 0 Å². The predicted molar refractivity (Wildman–Crippen MR) is 73.6 cm³/mol. The first-order chi connectivity index (χ1) is 7.08. The Morgan fingerprint density at radius 1 is 1.13 bits per heavy atom. The first kappa shape index (κ1) is 11.4. The summed E-state index contributed by atoms with van der Waals surface area (Å²) in [6.45, 7) is 6.51. The van der Waals surface area contributed by atoms with Crippen LogP contribution in [0.25, 0.3) is 0 Å². The van der Waals surface area contributed by atoms with Crippen LogP contribution in [-0.4, -0.2) is 0 Å². The van der Waals surface area contributed by atoms with Crippen LogP contribution < -0.4 is 0 Å². The number of halogens is 1. The lowest BCUT2D eigenvalue weighted by Gasteiger charge is -2.06. The standard InChI is InChI=1S/C12H13BrS2/c1-7-4-9(3)15-12(7)11(13)10-5-8(2)14-6-10/h4-6,11H,1-3H3. The molecule has 1 unspecified atom stereocenters. The van der Waals surface area contributed by atoms with Crippen LogP contribution in [0.3, 0.4) is 0 Å². The van der Waals surface area contributed by atoms with Gasteiger partial charge >= 0.3 is 0 Å². The Balaban J connectivity index is 2.35. The highest BCUT2D eigenvalue weighted by Crippen LogP contribution is 2.39. The molecule has 0 aromatic carbocycles. The first-order valence-electron chi connectivity index (χ1n) is 4.84. The third-order valence-corrected chi connectivity index (χ3v) is 5.74. The SMILES string of the molecule is Cc1cc(C(Br)c2sc(C)cc2C)cs1. The van der Waals surface area contributed by atoms with E-state index in [2.05, 4.69) is 54.2 Å². The maximum Gasteiger partial charge on any atom is 0.0748 e. The summed E-state index contributed by atoms with van der Waals surface area (Å²) in [5, 5.41) is 2.24. The summed E-state index contributed by atoms with van der Waals surface area (Å²) < 4.78 is 0. The van der Waals surface area contributed by atoms with Crippen molar-refractivity contribution in [2.24, 2.45) is 0 Å². The Hall–Kier alpha value is -0.120. The van der Waals surface area contributed by atoms with Gasteiger partial charge in [-0.2, -0.15) is 0 Å². The molecule has 0 aliphatic carbocycles. The Bertz CT molecular complexity index is 468. The van der Waals surface area contributed by atoms with E-state index >= 15 is 0 Å². The average molecular weight is 301 g/mol. The zero-order chi connectivity index (χ0) is 11.0. The van der Waals surface area contributed by atoms with Crippen LogP contribution in [0.15, 0.2) is 17.5 Å². The highest BCUT2D eigenvalue weighted by molar-refractivity contribution is 9.09. The molecule has 2 heterocycles. The molecule has 0 amide bonds. The number of alkyl halides is 1. The molecule has 2 aromatic heterocycles. The van der Waals surface area contributed by atoms with Gasteiger partial charge in [-0.25, -0.2) is 0 Å². The Kier molecular flexibility index (Phi) is 3.33. The molecular weight excluding hydrogens is 288 g/mol. The van der Waals surface area contributed by atoms with Gasteiger partial charge in [-0.05, 0) is 49.4 Å². The van der Waals surface area contributed by atoms with Gasteiger partial charge in [0.25, 0.3) is 0 Å². The van der Waals surface area contributed by atoms with Crippen LogP contribution in [-0.2, 0) is 0 Å². The molecule has 0 spiro atoms. The van der Waals surface area contributed by atoms with Crippen molar-refractivity contribution in [2.45, 2.75) is 25.6 Å². The van der Waals surface area contributed by atoms with E-state index < -0.39 is 0 Å². The van der Waals surface area contributed by atoms with E-state index in [0.29, 0.717) is 4.83 Å². The fraction of sp³-hybridized carbons (Fsp3) is 0.333. The molecule has 0 saturated heterocycles. The van der Waals surface area contributed by atoms with Crippen LogP contribution in [0.2, 0.25) is 0 Å². The third kappa shape index (κ3) is 2.35. The molecule has 2 aromatic rings. The normalized spacial score (nSPS) is 13.1. The Morgan fingerprint density at radius 2 is 1.87 bits per heavy atom. The van der Waals surface area contributed by atoms with Crippen molar-refractivity contribution in [1.29, 1.82) is 0 Å². The lowest BCUT2D eigenvalue weighted by atomic mass is 10.1. The van der Waals surface area contributed by atoms with Gasteiger partial charge in [-0.1, -0.05) is 15.9 Å². The topological polar surface area (TPSA) is 0 Å². The molecule has 0 bridgehead atoms. The van der Waals surface area contributed by atoms with E-state index in [4.69, 9.17) is 0 Å². The van der Waals surface area contributed by atoms with Gasteiger partial charge in [0.1, 0.15) is 0 Å². The van der Waals surface area contributed by atoms with E-state index in [1.165, 1.54) is 25.8 Å². The third-order valence-electron chi connectivity index (χ3n) is 2.35. The molecule has 0 saturated carbocycles. The molecule has 0 radical (unpaired) electrons. The molecular formula is C12H13BrS2. The van der Waals surface area contributed by atoms with Crippen LogP contribution >= 0.6 is 38.6 Å². The summed E-state index contributed by atoms with van der Waals surface area (Å²) in [6.07, 6.45) is 0. The number of hydrogen-bond acceptors (Lipinski definition) is 2. The van der Waals surface area contributed by atoms with E-state index in [-0.39, 0.29) is 0 Å². The van der Waals surface area contributed by atoms with Crippen molar-refractivity contribution >= 4 is 38.6 Å². The number of thiophene rings is 2. The molecule has 2 rings (SSSR count). The zero-order valence-electron chi connectivity index (χ0n) is 9.00. The number of aryl methyl sites for hydroxylation is 3. The molecule has 15 heavy (non-hydrogen) atoms. The summed E-state index contributed by atoms with van der Waals surface area (Å²) in [6, 6.07) is 4.52. The number of hydrogen-bond donors (Lipinski definition) is 0. The van der Waals surface area contributed by atoms with Gasteiger partial charge < -0.3 is 0 Å². The van der Waals surface area contributed by atoms with Crippen molar-refractivity contribution in [3.63, 3.8) is 0 Å². The lowest BCUT2D eigenvalue weighted by molar-refractivity contribution is 1.21. The van der Waals surface area contributed by atoms with Crippen LogP contribution in [0, 0.1) is 20.8 Å². The fourth-order valence-electron chi connectivity index (χ4n) is 1.66. The molecule has 0 N–H and O–H groups in total. The zero-order valence-corrected chi connectivity index (χ0v) is 12.2. The minimum absolute atomic E-state index is 0.362. The van der Waals surface area contributed by atoms with Crippen molar-refractivity contribution in [3.05, 3.63) is 43.3 Å². The largest absolute Gasteiger partial charge is 0.149 e. The van der Waals surface area contributed by atoms with Gasteiger partial charge in [0.2, 0.25) is 0 Å². The minimum Gasteiger partial charge on any atom is -0.149 e. The highest BCUT2D eigenvalue weighted by Gasteiger charge is 2.16. The molecule has 80 valence electrons. The smallest absolute Gasteiger partial charge is 0.0748 e. The van der Waals surface area contributed by atoms with Crippen LogP contribution in [0.5, 0.6) is 0 Å². The molecule has 1 atom stereocenters. The molecule has 0 nitrogen and oxygen atoms in total. The molecule has 0 fully saturated rings. The monoisotopic (exact) mass is 300 g/mol. The maximum atomic E-state index is 3.79. The average Bonchev–Trinajstić information content (AvgIpc) is 2.71.